The molecule has 0 heterocycles. The van der Waals surface area contributed by atoms with Gasteiger partial charge in [0.25, 0.3) is 0 Å². The Morgan fingerprint density at radius 1 is 1.24 bits per heavy atom. The van der Waals surface area contributed by atoms with E-state index in [0.29, 0.717) is 6.42 Å². The second kappa shape index (κ2) is 6.27. The summed E-state index contributed by atoms with van der Waals surface area (Å²) in [6.45, 7) is 1.96. The monoisotopic (exact) mass is 291 g/mol. The Balaban J connectivity index is 2.84. The van der Waals surface area contributed by atoms with Crippen molar-refractivity contribution in [1.82, 2.24) is 4.72 Å². The lowest BCUT2D eigenvalue weighted by Gasteiger charge is -2.06. The number of benzene rings is 1. The minimum Gasteiger partial charge on any atom is -0.210 e. The molecule has 3 nitrogen and oxygen atoms in total. The minimum absolute atomic E-state index is 0.0551. The average Bonchev–Trinajstić information content (AvgIpc) is 2.23. The quantitative estimate of drug-likeness (QED) is 0.685. The van der Waals surface area contributed by atoms with Gasteiger partial charge in [-0.2, -0.15) is 0 Å². The molecule has 0 atom stereocenters. The molecule has 6 heteroatoms. The summed E-state index contributed by atoms with van der Waals surface area (Å²) >= 11 is 11.5. The second-order valence-electron chi connectivity index (χ2n) is 3.18. The molecule has 0 bridgehead atoms. The van der Waals surface area contributed by atoms with E-state index in [2.05, 4.69) is 16.6 Å². The van der Waals surface area contributed by atoms with E-state index in [-0.39, 0.29) is 21.5 Å². The van der Waals surface area contributed by atoms with Crippen LogP contribution < -0.4 is 4.72 Å². The van der Waals surface area contributed by atoms with Crippen LogP contribution in [0.3, 0.4) is 0 Å². The molecule has 0 saturated carbocycles. The fourth-order valence-corrected chi connectivity index (χ4v) is 2.90. The first kappa shape index (κ1) is 14.3. The van der Waals surface area contributed by atoms with Crippen LogP contribution in [0.2, 0.25) is 10.0 Å². The Labute approximate surface area is 111 Å². The zero-order chi connectivity index (χ0) is 12.9. The molecule has 0 aromatic heterocycles. The van der Waals surface area contributed by atoms with Crippen molar-refractivity contribution in [2.75, 3.05) is 6.54 Å². The smallest absolute Gasteiger partial charge is 0.210 e. The van der Waals surface area contributed by atoms with Crippen molar-refractivity contribution in [1.29, 1.82) is 0 Å². The normalized spacial score (nSPS) is 10.8. The Morgan fingerprint density at radius 3 is 2.35 bits per heavy atom. The Kier molecular flexibility index (Phi) is 5.29. The molecule has 0 aliphatic carbocycles. The Morgan fingerprint density at radius 2 is 1.82 bits per heavy atom. The van der Waals surface area contributed by atoms with E-state index in [0.717, 1.165) is 0 Å². The van der Waals surface area contributed by atoms with Gasteiger partial charge in [0.05, 0.1) is 4.90 Å². The molecular weight excluding hydrogens is 281 g/mol. The number of hydrogen-bond acceptors (Lipinski definition) is 2. The lowest BCUT2D eigenvalue weighted by atomic mass is 10.4. The first-order chi connectivity index (χ1) is 7.95. The van der Waals surface area contributed by atoms with E-state index in [1.807, 2.05) is 0 Å². The van der Waals surface area contributed by atoms with E-state index in [1.54, 1.807) is 6.92 Å². The molecule has 0 aliphatic heterocycles. The van der Waals surface area contributed by atoms with Crippen LogP contribution in [-0.4, -0.2) is 15.0 Å². The first-order valence-electron chi connectivity index (χ1n) is 4.81. The van der Waals surface area contributed by atoms with Crippen molar-refractivity contribution in [2.45, 2.75) is 18.2 Å². The van der Waals surface area contributed by atoms with Crippen molar-refractivity contribution in [3.05, 3.63) is 28.2 Å². The molecule has 0 spiro atoms. The molecule has 1 N–H and O–H groups in total. The van der Waals surface area contributed by atoms with Crippen LogP contribution in [0.1, 0.15) is 13.3 Å². The van der Waals surface area contributed by atoms with Crippen molar-refractivity contribution < 1.29 is 8.42 Å². The SMILES string of the molecule is CC#CCCNS(=O)(=O)c1cc(Cl)cc(Cl)c1. The summed E-state index contributed by atoms with van der Waals surface area (Å²) < 4.78 is 26.1. The third-order valence-electron chi connectivity index (χ3n) is 1.87. The van der Waals surface area contributed by atoms with Crippen molar-refractivity contribution in [3.8, 4) is 11.8 Å². The molecule has 1 aromatic rings. The van der Waals surface area contributed by atoms with Crippen LogP contribution >= 0.6 is 23.2 Å². The van der Waals surface area contributed by atoms with Gasteiger partial charge in [-0.1, -0.05) is 23.2 Å². The molecule has 1 aromatic carbocycles. The number of hydrogen-bond donors (Lipinski definition) is 1. The number of nitrogens with one attached hydrogen (secondary N) is 1. The van der Waals surface area contributed by atoms with Gasteiger partial charge in [0, 0.05) is 23.0 Å². The third kappa shape index (κ3) is 4.57. The standard InChI is InChI=1S/C11H11Cl2NO2S/c1-2-3-4-5-14-17(15,16)11-7-9(12)6-10(13)8-11/h6-8,14H,4-5H2,1H3. The van der Waals surface area contributed by atoms with Crippen LogP contribution in [0.25, 0.3) is 0 Å². The predicted octanol–water partition coefficient (Wildman–Crippen LogP) is 2.69. The van der Waals surface area contributed by atoms with Gasteiger partial charge < -0.3 is 0 Å². The molecular formula is C11H11Cl2NO2S. The fourth-order valence-electron chi connectivity index (χ4n) is 1.14. The highest BCUT2D eigenvalue weighted by molar-refractivity contribution is 7.89. The highest BCUT2D eigenvalue weighted by atomic mass is 35.5. The Hall–Kier alpha value is -0.730. The molecule has 1 rings (SSSR count). The summed E-state index contributed by atoms with van der Waals surface area (Å²) in [7, 11) is -3.57. The van der Waals surface area contributed by atoms with Gasteiger partial charge in [-0.3, -0.25) is 0 Å². The van der Waals surface area contributed by atoms with Gasteiger partial charge in [0.1, 0.15) is 0 Å². The van der Waals surface area contributed by atoms with Crippen LogP contribution in [0.5, 0.6) is 0 Å². The molecule has 0 saturated heterocycles. The molecule has 92 valence electrons. The lowest BCUT2D eigenvalue weighted by molar-refractivity contribution is 0.582. The fraction of sp³-hybridized carbons (Fsp3) is 0.273. The third-order valence-corrected chi connectivity index (χ3v) is 3.74. The maximum atomic E-state index is 11.8. The van der Waals surface area contributed by atoms with Gasteiger partial charge in [-0.25, -0.2) is 13.1 Å². The van der Waals surface area contributed by atoms with E-state index in [4.69, 9.17) is 23.2 Å². The summed E-state index contributed by atoms with van der Waals surface area (Å²) in [6, 6.07) is 4.17. The maximum Gasteiger partial charge on any atom is 0.240 e. The van der Waals surface area contributed by atoms with Crippen molar-refractivity contribution in [3.63, 3.8) is 0 Å². The minimum atomic E-state index is -3.57. The molecule has 0 radical (unpaired) electrons. The van der Waals surface area contributed by atoms with Crippen molar-refractivity contribution in [2.24, 2.45) is 0 Å². The highest BCUT2D eigenvalue weighted by Crippen LogP contribution is 2.21. The van der Waals surface area contributed by atoms with E-state index < -0.39 is 10.0 Å². The molecule has 0 amide bonds. The summed E-state index contributed by atoms with van der Waals surface area (Å²) in [5, 5.41) is 0.567. The predicted molar refractivity (Wildman–Crippen MR) is 69.7 cm³/mol. The zero-order valence-electron chi connectivity index (χ0n) is 9.13. The van der Waals surface area contributed by atoms with Crippen LogP contribution in [0.15, 0.2) is 23.1 Å². The van der Waals surface area contributed by atoms with Gasteiger partial charge in [-0.15, -0.1) is 11.8 Å². The van der Waals surface area contributed by atoms with Gasteiger partial charge in [-0.05, 0) is 25.1 Å². The first-order valence-corrected chi connectivity index (χ1v) is 7.05. The largest absolute Gasteiger partial charge is 0.240 e. The topological polar surface area (TPSA) is 46.2 Å². The Bertz CT molecular complexity index is 538. The van der Waals surface area contributed by atoms with Crippen molar-refractivity contribution >= 4 is 33.2 Å². The molecule has 17 heavy (non-hydrogen) atoms. The summed E-state index contributed by atoms with van der Waals surface area (Å²) in [4.78, 5) is 0.0551. The van der Waals surface area contributed by atoms with Gasteiger partial charge >= 0.3 is 0 Å². The van der Waals surface area contributed by atoms with E-state index in [1.165, 1.54) is 18.2 Å². The van der Waals surface area contributed by atoms with E-state index >= 15 is 0 Å². The number of rotatable bonds is 4. The van der Waals surface area contributed by atoms with Gasteiger partial charge in [0.15, 0.2) is 0 Å². The van der Waals surface area contributed by atoms with Gasteiger partial charge in [0.2, 0.25) is 10.0 Å². The maximum absolute atomic E-state index is 11.8. The van der Waals surface area contributed by atoms with Crippen LogP contribution in [0.4, 0.5) is 0 Å². The lowest BCUT2D eigenvalue weighted by Crippen LogP contribution is -2.24. The zero-order valence-corrected chi connectivity index (χ0v) is 11.5. The second-order valence-corrected chi connectivity index (χ2v) is 5.82. The molecule has 0 aliphatic rings. The molecule has 0 unspecified atom stereocenters. The summed E-state index contributed by atoms with van der Waals surface area (Å²) in [5.74, 6) is 5.45. The summed E-state index contributed by atoms with van der Waals surface area (Å²) in [5.41, 5.74) is 0. The number of halogens is 2. The van der Waals surface area contributed by atoms with E-state index in [9.17, 15) is 8.42 Å². The van der Waals surface area contributed by atoms with Crippen LogP contribution in [-0.2, 0) is 10.0 Å². The number of sulfonamides is 1. The van der Waals surface area contributed by atoms with Crippen LogP contribution in [0, 0.1) is 11.8 Å². The summed E-state index contributed by atoms with van der Waals surface area (Å²) in [6.07, 6.45) is 0.462. The molecule has 0 fully saturated rings. The average molecular weight is 292 g/mol. The highest BCUT2D eigenvalue weighted by Gasteiger charge is 2.14.